The maximum Gasteiger partial charge on any atom is 0.407 e. The standard InChI is InChI=1S/C34H44FNO4Si/c1-33(2,3)40-32(38)36-30(25-26-17-10-7-11-18-26)31(37)29(35)23-16-24-39-41(34(4,5)6,27-19-12-8-13-20-27)28-21-14-9-15-22-28/h7-15,17-23,30-31,37H,16,24-25H2,1-6H3,(H,36,38)/b29-23-/t30-,31?/m1/s1. The molecule has 1 unspecified atom stereocenters. The number of ether oxygens (including phenoxy) is 1. The number of nitrogens with one attached hydrogen (secondary N) is 1. The first kappa shape index (κ1) is 32.3. The van der Waals surface area contributed by atoms with Crippen LogP contribution >= 0.6 is 0 Å². The normalized spacial score (nSPS) is 14.3. The number of rotatable bonds is 11. The third kappa shape index (κ3) is 8.86. The second kappa shape index (κ2) is 14.1. The molecule has 0 aromatic heterocycles. The van der Waals surface area contributed by atoms with Gasteiger partial charge in [0, 0.05) is 6.61 Å². The van der Waals surface area contributed by atoms with E-state index in [0.29, 0.717) is 0 Å². The summed E-state index contributed by atoms with van der Waals surface area (Å²) in [5.74, 6) is -0.715. The highest BCUT2D eigenvalue weighted by Crippen LogP contribution is 2.36. The Bertz CT molecular complexity index is 1220. The molecule has 0 aliphatic heterocycles. The number of aliphatic hydroxyl groups is 1. The lowest BCUT2D eigenvalue weighted by Gasteiger charge is -2.43. The molecular formula is C34H44FNO4Si. The lowest BCUT2D eigenvalue weighted by molar-refractivity contribution is 0.0435. The monoisotopic (exact) mass is 577 g/mol. The third-order valence-corrected chi connectivity index (χ3v) is 11.9. The van der Waals surface area contributed by atoms with E-state index < -0.39 is 38.0 Å². The predicted octanol–water partition coefficient (Wildman–Crippen LogP) is 6.30. The van der Waals surface area contributed by atoms with Crippen LogP contribution in [0, 0.1) is 0 Å². The van der Waals surface area contributed by atoms with Gasteiger partial charge in [-0.25, -0.2) is 9.18 Å². The largest absolute Gasteiger partial charge is 0.444 e. The molecule has 3 rings (SSSR count). The van der Waals surface area contributed by atoms with E-state index in [9.17, 15) is 9.90 Å². The Hall–Kier alpha value is -3.26. The van der Waals surface area contributed by atoms with Crippen molar-refractivity contribution in [2.75, 3.05) is 6.61 Å². The first-order chi connectivity index (χ1) is 19.3. The van der Waals surface area contributed by atoms with Crippen LogP contribution < -0.4 is 15.7 Å². The number of halogens is 1. The van der Waals surface area contributed by atoms with Crippen LogP contribution in [0.1, 0.15) is 53.5 Å². The topological polar surface area (TPSA) is 67.8 Å². The summed E-state index contributed by atoms with van der Waals surface area (Å²) in [7, 11) is -2.75. The van der Waals surface area contributed by atoms with Crippen molar-refractivity contribution in [2.45, 2.75) is 77.2 Å². The smallest absolute Gasteiger partial charge is 0.407 e. The van der Waals surface area contributed by atoms with Gasteiger partial charge >= 0.3 is 6.09 Å². The van der Waals surface area contributed by atoms with Gasteiger partial charge in [0.05, 0.1) is 6.04 Å². The molecule has 7 heteroatoms. The molecule has 0 fully saturated rings. The van der Waals surface area contributed by atoms with Gasteiger partial charge in [0.25, 0.3) is 8.32 Å². The van der Waals surface area contributed by atoms with Crippen LogP contribution in [0.25, 0.3) is 0 Å². The van der Waals surface area contributed by atoms with Crippen LogP contribution in [0.2, 0.25) is 5.04 Å². The van der Waals surface area contributed by atoms with Crippen molar-refractivity contribution >= 4 is 24.8 Å². The number of carbonyl (C=O) groups excluding carboxylic acids is 1. The van der Waals surface area contributed by atoms with Crippen LogP contribution in [0.3, 0.4) is 0 Å². The van der Waals surface area contributed by atoms with Gasteiger partial charge < -0.3 is 19.6 Å². The minimum absolute atomic E-state index is 0.199. The number of alkyl carbamates (subject to hydrolysis) is 1. The van der Waals surface area contributed by atoms with Gasteiger partial charge in [-0.15, -0.1) is 0 Å². The van der Waals surface area contributed by atoms with E-state index in [-0.39, 0.29) is 24.5 Å². The summed E-state index contributed by atoms with van der Waals surface area (Å²) in [6, 6.07) is 29.0. The Morgan fingerprint density at radius 1 is 0.878 bits per heavy atom. The summed E-state index contributed by atoms with van der Waals surface area (Å²) < 4.78 is 27.6. The van der Waals surface area contributed by atoms with Crippen LogP contribution in [0.15, 0.2) is 103 Å². The maximum atomic E-state index is 15.4. The molecule has 3 aromatic rings. The number of hydrogen-bond acceptors (Lipinski definition) is 4. The lowest BCUT2D eigenvalue weighted by atomic mass is 10.00. The number of carbonyl (C=O) groups is 1. The molecule has 0 aliphatic carbocycles. The number of hydrogen-bond donors (Lipinski definition) is 2. The fraction of sp³-hybridized carbons (Fsp3) is 0.382. The molecule has 0 heterocycles. The summed E-state index contributed by atoms with van der Waals surface area (Å²) >= 11 is 0. The molecule has 3 aromatic carbocycles. The van der Waals surface area contributed by atoms with E-state index >= 15 is 4.39 Å². The van der Waals surface area contributed by atoms with Gasteiger partial charge in [-0.2, -0.15) is 0 Å². The van der Waals surface area contributed by atoms with E-state index in [2.05, 4.69) is 50.4 Å². The van der Waals surface area contributed by atoms with Crippen LogP contribution in [-0.4, -0.2) is 43.9 Å². The van der Waals surface area contributed by atoms with Crippen molar-refractivity contribution in [3.63, 3.8) is 0 Å². The zero-order chi connectivity index (χ0) is 30.1. The van der Waals surface area contributed by atoms with E-state index in [1.165, 1.54) is 6.08 Å². The maximum absolute atomic E-state index is 15.4. The van der Waals surface area contributed by atoms with Gasteiger partial charge in [0.15, 0.2) is 0 Å². The number of benzene rings is 3. The highest BCUT2D eigenvalue weighted by molar-refractivity contribution is 6.99. The van der Waals surface area contributed by atoms with Crippen molar-refractivity contribution in [3.05, 3.63) is 108 Å². The SMILES string of the molecule is CC(C)(C)OC(=O)N[C@H](Cc1ccccc1)C(O)/C(F)=C/CCO[Si](c1ccccc1)(c1ccccc1)C(C)(C)C. The highest BCUT2D eigenvalue weighted by atomic mass is 28.4. The first-order valence-electron chi connectivity index (χ1n) is 14.2. The summed E-state index contributed by atoms with van der Waals surface area (Å²) in [5.41, 5.74) is 0.134. The summed E-state index contributed by atoms with van der Waals surface area (Å²) in [6.45, 7) is 12.1. The Morgan fingerprint density at radius 3 is 1.83 bits per heavy atom. The van der Waals surface area contributed by atoms with Gasteiger partial charge in [-0.05, 0) is 60.7 Å². The highest BCUT2D eigenvalue weighted by Gasteiger charge is 2.49. The molecule has 1 amide bonds. The first-order valence-corrected chi connectivity index (χ1v) is 16.1. The van der Waals surface area contributed by atoms with E-state index in [1.54, 1.807) is 20.8 Å². The third-order valence-electron chi connectivity index (χ3n) is 6.86. The van der Waals surface area contributed by atoms with Crippen LogP contribution in [-0.2, 0) is 15.6 Å². The molecule has 0 saturated heterocycles. The van der Waals surface area contributed by atoms with Crippen molar-refractivity contribution in [3.8, 4) is 0 Å². The van der Waals surface area contributed by atoms with E-state index in [0.717, 1.165) is 15.9 Å². The van der Waals surface area contributed by atoms with E-state index in [1.807, 2.05) is 66.7 Å². The minimum Gasteiger partial charge on any atom is -0.444 e. The van der Waals surface area contributed by atoms with Gasteiger partial charge in [-0.3, -0.25) is 0 Å². The Labute approximate surface area is 245 Å². The predicted molar refractivity (Wildman–Crippen MR) is 167 cm³/mol. The fourth-order valence-electron chi connectivity index (χ4n) is 5.05. The average Bonchev–Trinajstić information content (AvgIpc) is 2.92. The minimum atomic E-state index is -2.75. The molecule has 2 atom stereocenters. The molecule has 2 N–H and O–H groups in total. The molecule has 220 valence electrons. The number of amides is 1. The summed E-state index contributed by atoms with van der Waals surface area (Å²) in [4.78, 5) is 12.5. The summed E-state index contributed by atoms with van der Waals surface area (Å²) in [6.07, 6.45) is -0.396. The molecule has 0 radical (unpaired) electrons. The summed E-state index contributed by atoms with van der Waals surface area (Å²) in [5, 5.41) is 15.7. The molecule has 0 bridgehead atoms. The van der Waals surface area contributed by atoms with Crippen molar-refractivity contribution in [2.24, 2.45) is 0 Å². The number of aliphatic hydroxyl groups excluding tert-OH is 1. The zero-order valence-corrected chi connectivity index (χ0v) is 26.1. The van der Waals surface area contributed by atoms with Crippen molar-refractivity contribution < 1.29 is 23.5 Å². The average molecular weight is 578 g/mol. The van der Waals surface area contributed by atoms with Crippen LogP contribution in [0.4, 0.5) is 9.18 Å². The van der Waals surface area contributed by atoms with Crippen molar-refractivity contribution in [1.82, 2.24) is 5.32 Å². The van der Waals surface area contributed by atoms with Crippen LogP contribution in [0.5, 0.6) is 0 Å². The van der Waals surface area contributed by atoms with Gasteiger partial charge in [0.2, 0.25) is 0 Å². The lowest BCUT2D eigenvalue weighted by Crippen LogP contribution is -2.66. The van der Waals surface area contributed by atoms with E-state index in [4.69, 9.17) is 9.16 Å². The molecular weight excluding hydrogens is 533 g/mol. The second-order valence-electron chi connectivity index (χ2n) is 12.3. The molecule has 41 heavy (non-hydrogen) atoms. The Morgan fingerprint density at radius 2 is 1.37 bits per heavy atom. The molecule has 0 spiro atoms. The molecule has 5 nitrogen and oxygen atoms in total. The Balaban J connectivity index is 1.80. The van der Waals surface area contributed by atoms with Gasteiger partial charge in [-0.1, -0.05) is 112 Å². The Kier molecular flexibility index (Phi) is 11.1. The van der Waals surface area contributed by atoms with Crippen molar-refractivity contribution in [1.29, 1.82) is 0 Å². The molecule has 0 saturated carbocycles. The molecule has 0 aliphatic rings. The quantitative estimate of drug-likeness (QED) is 0.207. The van der Waals surface area contributed by atoms with Gasteiger partial charge in [0.1, 0.15) is 17.5 Å². The zero-order valence-electron chi connectivity index (χ0n) is 25.1. The second-order valence-corrected chi connectivity index (χ2v) is 16.6. The fourth-order valence-corrected chi connectivity index (χ4v) is 9.63.